The number of anilines is 3. The SMILES string of the molecule is c1ccc(-c2nc3ccc4oc5ccc(-c6ccc(N(c7ccccc7-c7ccccc7)c7cccc8c9ccccc9n(-c9ccccc9)c78)cc6)cc5c4c3o2)cc1. The molecular weight excluding hydrogens is 735 g/mol. The van der Waals surface area contributed by atoms with Gasteiger partial charge in [-0.2, -0.15) is 0 Å². The van der Waals surface area contributed by atoms with E-state index in [1.165, 1.54) is 16.3 Å². The fourth-order valence-electron chi connectivity index (χ4n) is 8.90. The first-order valence-corrected chi connectivity index (χ1v) is 20.2. The zero-order valence-corrected chi connectivity index (χ0v) is 32.4. The van der Waals surface area contributed by atoms with Gasteiger partial charge in [0.25, 0.3) is 0 Å². The second kappa shape index (κ2) is 13.8. The molecule has 0 aliphatic heterocycles. The number of oxazole rings is 1. The monoisotopic (exact) mass is 769 g/mol. The lowest BCUT2D eigenvalue weighted by molar-refractivity contribution is 0.622. The van der Waals surface area contributed by atoms with Crippen molar-refractivity contribution in [3.63, 3.8) is 0 Å². The summed E-state index contributed by atoms with van der Waals surface area (Å²) in [4.78, 5) is 7.26. The van der Waals surface area contributed by atoms with E-state index >= 15 is 0 Å². The van der Waals surface area contributed by atoms with Crippen molar-refractivity contribution >= 4 is 71.9 Å². The molecule has 5 nitrogen and oxygen atoms in total. The van der Waals surface area contributed by atoms with Crippen LogP contribution in [0.4, 0.5) is 17.1 Å². The minimum atomic E-state index is 0.595. The number of hydrogen-bond acceptors (Lipinski definition) is 4. The third-order valence-electron chi connectivity index (χ3n) is 11.6. The fourth-order valence-corrected chi connectivity index (χ4v) is 8.90. The number of fused-ring (bicyclic) bond motifs is 8. The number of rotatable bonds is 7. The van der Waals surface area contributed by atoms with E-state index in [2.05, 4.69) is 179 Å². The van der Waals surface area contributed by atoms with Gasteiger partial charge in [0.05, 0.1) is 27.8 Å². The number of nitrogens with zero attached hydrogens (tertiary/aromatic N) is 3. The summed E-state index contributed by atoms with van der Waals surface area (Å²) in [7, 11) is 0. The molecule has 12 rings (SSSR count). The van der Waals surface area contributed by atoms with Crippen LogP contribution < -0.4 is 4.90 Å². The Morgan fingerprint density at radius 3 is 1.90 bits per heavy atom. The number of benzene rings is 9. The fraction of sp³-hybridized carbons (Fsp3) is 0. The van der Waals surface area contributed by atoms with Gasteiger partial charge in [-0.05, 0) is 95.6 Å². The van der Waals surface area contributed by atoms with Crippen LogP contribution in [0.2, 0.25) is 0 Å². The number of hydrogen-bond donors (Lipinski definition) is 0. The average Bonchev–Trinajstić information content (AvgIpc) is 4.03. The van der Waals surface area contributed by atoms with Gasteiger partial charge in [0.1, 0.15) is 16.7 Å². The van der Waals surface area contributed by atoms with E-state index in [1.54, 1.807) is 0 Å². The molecule has 0 aliphatic rings. The average molecular weight is 770 g/mol. The summed E-state index contributed by atoms with van der Waals surface area (Å²) in [6.45, 7) is 0. The maximum atomic E-state index is 6.46. The Balaban J connectivity index is 1.04. The molecule has 0 unspecified atom stereocenters. The van der Waals surface area contributed by atoms with Gasteiger partial charge in [-0.15, -0.1) is 0 Å². The second-order valence-corrected chi connectivity index (χ2v) is 15.1. The minimum absolute atomic E-state index is 0.595. The van der Waals surface area contributed by atoms with Crippen molar-refractivity contribution in [2.75, 3.05) is 4.90 Å². The number of aromatic nitrogens is 2. The number of furan rings is 1. The molecule has 0 N–H and O–H groups in total. The molecule has 0 radical (unpaired) electrons. The Bertz CT molecular complexity index is 3530. The van der Waals surface area contributed by atoms with Crippen LogP contribution in [0.25, 0.3) is 94.2 Å². The Kier molecular flexibility index (Phi) is 7.78. The lowest BCUT2D eigenvalue weighted by Gasteiger charge is -2.29. The second-order valence-electron chi connectivity index (χ2n) is 15.1. The van der Waals surface area contributed by atoms with Gasteiger partial charge in [-0.25, -0.2) is 4.98 Å². The van der Waals surface area contributed by atoms with E-state index in [-0.39, 0.29) is 0 Å². The Labute approximate surface area is 345 Å². The van der Waals surface area contributed by atoms with E-state index in [0.29, 0.717) is 5.89 Å². The molecule has 3 aromatic heterocycles. The van der Waals surface area contributed by atoms with Gasteiger partial charge in [0.2, 0.25) is 5.89 Å². The quantitative estimate of drug-likeness (QED) is 0.162. The molecule has 9 aromatic carbocycles. The van der Waals surface area contributed by atoms with Crippen LogP contribution in [0.1, 0.15) is 0 Å². The summed E-state index contributed by atoms with van der Waals surface area (Å²) in [5, 5.41) is 4.34. The molecular formula is C55H35N3O2. The summed E-state index contributed by atoms with van der Waals surface area (Å²) in [5.41, 5.74) is 15.2. The van der Waals surface area contributed by atoms with Gasteiger partial charge in [0.15, 0.2) is 5.58 Å². The summed E-state index contributed by atoms with van der Waals surface area (Å²) < 4.78 is 15.2. The molecule has 0 saturated carbocycles. The van der Waals surface area contributed by atoms with Crippen molar-refractivity contribution < 1.29 is 8.83 Å². The maximum absolute atomic E-state index is 6.46. The molecule has 282 valence electrons. The summed E-state index contributed by atoms with van der Waals surface area (Å²) in [6, 6.07) is 74.7. The van der Waals surface area contributed by atoms with Crippen LogP contribution in [0.15, 0.2) is 221 Å². The van der Waals surface area contributed by atoms with Crippen LogP contribution in [-0.2, 0) is 0 Å². The molecule has 0 spiro atoms. The van der Waals surface area contributed by atoms with Gasteiger partial charge < -0.3 is 18.3 Å². The number of para-hydroxylation sites is 4. The van der Waals surface area contributed by atoms with Crippen molar-refractivity contribution in [3.05, 3.63) is 212 Å². The highest BCUT2D eigenvalue weighted by atomic mass is 16.4. The highest BCUT2D eigenvalue weighted by Gasteiger charge is 2.24. The first-order chi connectivity index (χ1) is 29.8. The lowest BCUT2D eigenvalue weighted by atomic mass is 10.00. The van der Waals surface area contributed by atoms with Crippen LogP contribution in [0.5, 0.6) is 0 Å². The van der Waals surface area contributed by atoms with E-state index in [0.717, 1.165) is 89.1 Å². The van der Waals surface area contributed by atoms with Crippen LogP contribution in [-0.4, -0.2) is 9.55 Å². The van der Waals surface area contributed by atoms with Gasteiger partial charge in [0, 0.05) is 38.7 Å². The molecule has 3 heterocycles. The summed E-state index contributed by atoms with van der Waals surface area (Å²) in [5.74, 6) is 0.595. The normalized spacial score (nSPS) is 11.7. The Morgan fingerprint density at radius 1 is 0.433 bits per heavy atom. The zero-order chi connectivity index (χ0) is 39.6. The van der Waals surface area contributed by atoms with Gasteiger partial charge in [-0.1, -0.05) is 133 Å². The Morgan fingerprint density at radius 2 is 1.08 bits per heavy atom. The molecule has 12 aromatic rings. The molecule has 0 amide bonds. The third-order valence-corrected chi connectivity index (χ3v) is 11.6. The molecule has 5 heteroatoms. The van der Waals surface area contributed by atoms with Crippen molar-refractivity contribution in [2.24, 2.45) is 0 Å². The van der Waals surface area contributed by atoms with E-state index in [4.69, 9.17) is 13.8 Å². The van der Waals surface area contributed by atoms with E-state index < -0.39 is 0 Å². The van der Waals surface area contributed by atoms with Crippen molar-refractivity contribution in [1.29, 1.82) is 0 Å². The zero-order valence-electron chi connectivity index (χ0n) is 32.4. The topological polar surface area (TPSA) is 47.3 Å². The van der Waals surface area contributed by atoms with Gasteiger partial charge in [-0.3, -0.25) is 0 Å². The first-order valence-electron chi connectivity index (χ1n) is 20.2. The Hall–Kier alpha value is -8.15. The van der Waals surface area contributed by atoms with Crippen molar-refractivity contribution in [2.45, 2.75) is 0 Å². The molecule has 0 fully saturated rings. The van der Waals surface area contributed by atoms with Crippen LogP contribution in [0, 0.1) is 0 Å². The first kappa shape index (κ1) is 33.9. The minimum Gasteiger partial charge on any atom is -0.456 e. The van der Waals surface area contributed by atoms with Crippen LogP contribution in [0.3, 0.4) is 0 Å². The lowest BCUT2D eigenvalue weighted by Crippen LogP contribution is -2.12. The molecule has 0 bridgehead atoms. The third kappa shape index (κ3) is 5.44. The molecule has 0 atom stereocenters. The van der Waals surface area contributed by atoms with Gasteiger partial charge >= 0.3 is 0 Å². The summed E-state index contributed by atoms with van der Waals surface area (Å²) >= 11 is 0. The smallest absolute Gasteiger partial charge is 0.227 e. The van der Waals surface area contributed by atoms with E-state index in [9.17, 15) is 0 Å². The van der Waals surface area contributed by atoms with Crippen molar-refractivity contribution in [1.82, 2.24) is 9.55 Å². The summed E-state index contributed by atoms with van der Waals surface area (Å²) in [6.07, 6.45) is 0. The molecule has 60 heavy (non-hydrogen) atoms. The highest BCUT2D eigenvalue weighted by molar-refractivity contribution is 6.17. The largest absolute Gasteiger partial charge is 0.456 e. The van der Waals surface area contributed by atoms with Crippen LogP contribution >= 0.6 is 0 Å². The predicted molar refractivity (Wildman–Crippen MR) is 247 cm³/mol. The van der Waals surface area contributed by atoms with E-state index in [1.807, 2.05) is 42.5 Å². The maximum Gasteiger partial charge on any atom is 0.227 e. The molecule has 0 saturated heterocycles. The standard InChI is InChI=1S/C55H35N3O2/c1-4-15-37(16-5-1)42-21-10-12-24-47(42)57(49-26-14-23-44-43-22-11-13-25-48(43)58(53(44)49)40-19-8-3-9-20-40)41-30-27-36(28-31-41)39-29-33-50-45(35-39)52-51(59-50)34-32-46-54(52)60-55(56-46)38-17-6-2-7-18-38/h1-35H. The molecule has 0 aliphatic carbocycles. The predicted octanol–water partition coefficient (Wildman–Crippen LogP) is 15.3. The highest BCUT2D eigenvalue weighted by Crippen LogP contribution is 2.47. The van der Waals surface area contributed by atoms with Crippen molar-refractivity contribution in [3.8, 4) is 39.4 Å².